The summed E-state index contributed by atoms with van der Waals surface area (Å²) < 4.78 is 5.59. The van der Waals surface area contributed by atoms with Gasteiger partial charge >= 0.3 is 0 Å². The maximum Gasteiger partial charge on any atom is 0.274 e. The molecule has 1 unspecified atom stereocenters. The van der Waals surface area contributed by atoms with Gasteiger partial charge < -0.3 is 4.74 Å². The van der Waals surface area contributed by atoms with Gasteiger partial charge in [-0.1, -0.05) is 36.4 Å². The molecule has 2 aromatic rings. The minimum absolute atomic E-state index is 0.349. The summed E-state index contributed by atoms with van der Waals surface area (Å²) in [6, 6.07) is 13.6. The number of rotatable bonds is 3. The maximum absolute atomic E-state index is 11.3. The van der Waals surface area contributed by atoms with Crippen molar-refractivity contribution in [1.29, 1.82) is 0 Å². The highest BCUT2D eigenvalue weighted by atomic mass is 16.5. The Labute approximate surface area is 99.3 Å². The molecule has 0 saturated carbocycles. The van der Waals surface area contributed by atoms with E-state index in [1.807, 2.05) is 42.5 Å². The average molecular weight is 230 g/mol. The average Bonchev–Trinajstić information content (AvgIpc) is 2.38. The Hall–Kier alpha value is -2.07. The van der Waals surface area contributed by atoms with E-state index in [9.17, 15) is 4.79 Å². The molecule has 0 aliphatic heterocycles. The standard InChI is InChI=1S/C13H14N2O2/c1-9(13(16)15-14)17-12-8-4-6-10-5-2-3-7-11(10)12/h2-9H,14H2,1H3,(H,15,16). The predicted molar refractivity (Wildman–Crippen MR) is 66.4 cm³/mol. The van der Waals surface area contributed by atoms with Gasteiger partial charge in [0, 0.05) is 5.39 Å². The lowest BCUT2D eigenvalue weighted by molar-refractivity contribution is -0.127. The summed E-state index contributed by atoms with van der Waals surface area (Å²) in [7, 11) is 0. The van der Waals surface area contributed by atoms with Crippen LogP contribution in [0.15, 0.2) is 42.5 Å². The van der Waals surface area contributed by atoms with Crippen LogP contribution in [0.5, 0.6) is 5.75 Å². The summed E-state index contributed by atoms with van der Waals surface area (Å²) >= 11 is 0. The molecule has 0 fully saturated rings. The quantitative estimate of drug-likeness (QED) is 0.478. The summed E-state index contributed by atoms with van der Waals surface area (Å²) in [5.41, 5.74) is 2.07. The van der Waals surface area contributed by atoms with Gasteiger partial charge in [0.1, 0.15) is 5.75 Å². The second kappa shape index (κ2) is 4.84. The van der Waals surface area contributed by atoms with Gasteiger partial charge in [0.05, 0.1) is 0 Å². The Morgan fingerprint density at radius 2 is 1.94 bits per heavy atom. The molecule has 4 nitrogen and oxygen atoms in total. The van der Waals surface area contributed by atoms with Gasteiger partial charge in [-0.05, 0) is 18.4 Å². The van der Waals surface area contributed by atoms with E-state index in [2.05, 4.69) is 5.43 Å². The molecule has 2 aromatic carbocycles. The molecule has 0 aliphatic rings. The van der Waals surface area contributed by atoms with Crippen LogP contribution in [0.4, 0.5) is 0 Å². The van der Waals surface area contributed by atoms with Crippen molar-refractivity contribution in [1.82, 2.24) is 5.43 Å². The Morgan fingerprint density at radius 3 is 2.71 bits per heavy atom. The van der Waals surface area contributed by atoms with E-state index in [0.29, 0.717) is 5.75 Å². The number of nitrogens with one attached hydrogen (secondary N) is 1. The van der Waals surface area contributed by atoms with Crippen LogP contribution in [-0.2, 0) is 4.79 Å². The Bertz CT molecular complexity index is 534. The van der Waals surface area contributed by atoms with Gasteiger partial charge in [0.2, 0.25) is 0 Å². The fraction of sp³-hybridized carbons (Fsp3) is 0.154. The number of hydrogen-bond acceptors (Lipinski definition) is 3. The summed E-state index contributed by atoms with van der Waals surface area (Å²) in [6.07, 6.45) is -0.620. The number of hydrogen-bond donors (Lipinski definition) is 2. The molecule has 0 heterocycles. The third kappa shape index (κ3) is 2.37. The molecule has 0 spiro atoms. The summed E-state index contributed by atoms with van der Waals surface area (Å²) in [5.74, 6) is 5.39. The highest BCUT2D eigenvalue weighted by Gasteiger charge is 2.13. The first-order valence-corrected chi connectivity index (χ1v) is 5.37. The molecular weight excluding hydrogens is 216 g/mol. The first kappa shape index (κ1) is 11.4. The predicted octanol–water partition coefficient (Wildman–Crippen LogP) is 1.60. The van der Waals surface area contributed by atoms with Crippen LogP contribution in [-0.4, -0.2) is 12.0 Å². The number of hydrazine groups is 1. The van der Waals surface area contributed by atoms with Crippen molar-refractivity contribution in [2.24, 2.45) is 5.84 Å². The van der Waals surface area contributed by atoms with Crippen molar-refractivity contribution in [3.8, 4) is 5.75 Å². The minimum Gasteiger partial charge on any atom is -0.480 e. The second-order valence-corrected chi connectivity index (χ2v) is 3.75. The highest BCUT2D eigenvalue weighted by molar-refractivity contribution is 5.89. The van der Waals surface area contributed by atoms with E-state index in [-0.39, 0.29) is 5.91 Å². The molecular formula is C13H14N2O2. The number of carbonyl (C=O) groups excluding carboxylic acids is 1. The van der Waals surface area contributed by atoms with Crippen molar-refractivity contribution in [3.63, 3.8) is 0 Å². The molecule has 0 radical (unpaired) electrons. The molecule has 1 atom stereocenters. The largest absolute Gasteiger partial charge is 0.480 e. The number of ether oxygens (including phenoxy) is 1. The lowest BCUT2D eigenvalue weighted by Crippen LogP contribution is -2.40. The van der Waals surface area contributed by atoms with E-state index in [0.717, 1.165) is 10.8 Å². The van der Waals surface area contributed by atoms with E-state index in [1.54, 1.807) is 6.92 Å². The lowest BCUT2D eigenvalue weighted by Gasteiger charge is -2.14. The van der Waals surface area contributed by atoms with Crippen molar-refractivity contribution >= 4 is 16.7 Å². The van der Waals surface area contributed by atoms with E-state index in [1.165, 1.54) is 0 Å². The third-order valence-corrected chi connectivity index (χ3v) is 2.56. The van der Waals surface area contributed by atoms with Crippen molar-refractivity contribution in [2.75, 3.05) is 0 Å². The first-order chi connectivity index (χ1) is 8.22. The Morgan fingerprint density at radius 1 is 1.24 bits per heavy atom. The SMILES string of the molecule is CC(Oc1cccc2ccccc12)C(=O)NN. The number of amides is 1. The number of carbonyl (C=O) groups is 1. The normalized spacial score (nSPS) is 12.1. The fourth-order valence-corrected chi connectivity index (χ4v) is 1.66. The zero-order valence-electron chi connectivity index (χ0n) is 9.51. The summed E-state index contributed by atoms with van der Waals surface area (Å²) in [6.45, 7) is 1.66. The van der Waals surface area contributed by atoms with Gasteiger partial charge in [-0.2, -0.15) is 0 Å². The lowest BCUT2D eigenvalue weighted by atomic mass is 10.1. The number of fused-ring (bicyclic) bond motifs is 1. The molecule has 1 amide bonds. The Kier molecular flexibility index (Phi) is 3.25. The van der Waals surface area contributed by atoms with Crippen LogP contribution in [0.25, 0.3) is 10.8 Å². The Balaban J connectivity index is 2.33. The molecule has 17 heavy (non-hydrogen) atoms. The number of nitrogens with two attached hydrogens (primary N) is 1. The van der Waals surface area contributed by atoms with Crippen LogP contribution in [0.2, 0.25) is 0 Å². The van der Waals surface area contributed by atoms with Crippen LogP contribution < -0.4 is 16.0 Å². The highest BCUT2D eigenvalue weighted by Crippen LogP contribution is 2.25. The molecule has 2 rings (SSSR count). The van der Waals surface area contributed by atoms with Crippen LogP contribution in [0, 0.1) is 0 Å². The topological polar surface area (TPSA) is 64.3 Å². The first-order valence-electron chi connectivity index (χ1n) is 5.37. The van der Waals surface area contributed by atoms with E-state index < -0.39 is 6.10 Å². The maximum atomic E-state index is 11.3. The van der Waals surface area contributed by atoms with Crippen LogP contribution >= 0.6 is 0 Å². The van der Waals surface area contributed by atoms with Crippen molar-refractivity contribution in [2.45, 2.75) is 13.0 Å². The van der Waals surface area contributed by atoms with Gasteiger partial charge in [0.25, 0.3) is 5.91 Å². The molecule has 3 N–H and O–H groups in total. The third-order valence-electron chi connectivity index (χ3n) is 2.56. The minimum atomic E-state index is -0.620. The van der Waals surface area contributed by atoms with Gasteiger partial charge in [0.15, 0.2) is 6.10 Å². The molecule has 0 saturated heterocycles. The van der Waals surface area contributed by atoms with E-state index >= 15 is 0 Å². The van der Waals surface area contributed by atoms with Crippen LogP contribution in [0.1, 0.15) is 6.92 Å². The zero-order chi connectivity index (χ0) is 12.3. The molecule has 0 aromatic heterocycles. The van der Waals surface area contributed by atoms with Gasteiger partial charge in [-0.25, -0.2) is 5.84 Å². The van der Waals surface area contributed by atoms with Gasteiger partial charge in [-0.15, -0.1) is 0 Å². The molecule has 4 heteroatoms. The molecule has 0 bridgehead atoms. The van der Waals surface area contributed by atoms with Crippen molar-refractivity contribution in [3.05, 3.63) is 42.5 Å². The summed E-state index contributed by atoms with van der Waals surface area (Å²) in [4.78, 5) is 11.3. The van der Waals surface area contributed by atoms with Gasteiger partial charge in [-0.3, -0.25) is 10.2 Å². The smallest absolute Gasteiger partial charge is 0.274 e. The second-order valence-electron chi connectivity index (χ2n) is 3.75. The van der Waals surface area contributed by atoms with E-state index in [4.69, 9.17) is 10.6 Å². The monoisotopic (exact) mass is 230 g/mol. The zero-order valence-corrected chi connectivity index (χ0v) is 9.51. The summed E-state index contributed by atoms with van der Waals surface area (Å²) in [5, 5.41) is 2.05. The number of benzene rings is 2. The van der Waals surface area contributed by atoms with Crippen molar-refractivity contribution < 1.29 is 9.53 Å². The van der Waals surface area contributed by atoms with Crippen LogP contribution in [0.3, 0.4) is 0 Å². The molecule has 88 valence electrons. The molecule has 0 aliphatic carbocycles. The fourth-order valence-electron chi connectivity index (χ4n) is 1.66.